The van der Waals surface area contributed by atoms with E-state index in [-0.39, 0.29) is 26.1 Å². The van der Waals surface area contributed by atoms with Crippen LogP contribution in [0.5, 0.6) is 0 Å². The highest BCUT2D eigenvalue weighted by Gasteiger charge is 2.44. The maximum Gasteiger partial charge on any atom is 0.325 e. The lowest BCUT2D eigenvalue weighted by atomic mass is 9.92. The lowest BCUT2D eigenvalue weighted by Gasteiger charge is -2.33. The Bertz CT molecular complexity index is 653. The minimum atomic E-state index is -4.28. The van der Waals surface area contributed by atoms with Crippen molar-refractivity contribution in [2.24, 2.45) is 0 Å². The number of carboxylic acids is 1. The first-order valence-electron chi connectivity index (χ1n) is 6.38. The van der Waals surface area contributed by atoms with Gasteiger partial charge in [0.15, 0.2) is 0 Å². The van der Waals surface area contributed by atoms with E-state index in [0.29, 0.717) is 5.56 Å². The number of hydrogen-bond acceptors (Lipinski definition) is 4. The largest absolute Gasteiger partial charge is 0.480 e. The van der Waals surface area contributed by atoms with Crippen molar-refractivity contribution in [1.82, 2.24) is 4.72 Å². The summed E-state index contributed by atoms with van der Waals surface area (Å²) in [6.45, 7) is 1.89. The molecule has 1 aliphatic rings. The van der Waals surface area contributed by atoms with E-state index in [0.717, 1.165) is 6.07 Å². The highest BCUT2D eigenvalue weighted by atomic mass is 32.2. The van der Waals surface area contributed by atoms with Gasteiger partial charge in [0, 0.05) is 26.1 Å². The summed E-state index contributed by atoms with van der Waals surface area (Å²) in [6, 6.07) is 3.66. The van der Waals surface area contributed by atoms with E-state index in [2.05, 4.69) is 4.72 Å². The van der Waals surface area contributed by atoms with Crippen LogP contribution in [-0.2, 0) is 19.6 Å². The zero-order chi connectivity index (χ0) is 15.7. The molecule has 0 aliphatic carbocycles. The van der Waals surface area contributed by atoms with Crippen molar-refractivity contribution >= 4 is 16.0 Å². The molecule has 2 rings (SSSR count). The minimum Gasteiger partial charge on any atom is -0.480 e. The van der Waals surface area contributed by atoms with Gasteiger partial charge in [-0.05, 0) is 24.6 Å². The Kier molecular flexibility index (Phi) is 4.31. The zero-order valence-electron chi connectivity index (χ0n) is 11.4. The molecule has 0 radical (unpaired) electrons. The van der Waals surface area contributed by atoms with Gasteiger partial charge in [-0.1, -0.05) is 6.07 Å². The normalized spacial score (nSPS) is 18.4. The first-order chi connectivity index (χ1) is 9.77. The number of rotatable bonds is 4. The number of carbonyl (C=O) groups is 1. The number of aryl methyl sites for hydroxylation is 1. The summed E-state index contributed by atoms with van der Waals surface area (Å²) >= 11 is 0. The molecule has 0 bridgehead atoms. The van der Waals surface area contributed by atoms with Crippen molar-refractivity contribution in [3.05, 3.63) is 29.6 Å². The molecule has 0 atom stereocenters. The van der Waals surface area contributed by atoms with E-state index in [1.807, 2.05) is 0 Å². The Labute approximate surface area is 122 Å². The monoisotopic (exact) mass is 317 g/mol. The first-order valence-corrected chi connectivity index (χ1v) is 7.86. The van der Waals surface area contributed by atoms with E-state index >= 15 is 0 Å². The van der Waals surface area contributed by atoms with Crippen LogP contribution in [0.1, 0.15) is 18.4 Å². The molecule has 8 heteroatoms. The molecule has 0 spiro atoms. The zero-order valence-corrected chi connectivity index (χ0v) is 12.2. The molecule has 1 aromatic carbocycles. The fraction of sp³-hybridized carbons (Fsp3) is 0.462. The van der Waals surface area contributed by atoms with Crippen LogP contribution in [0.4, 0.5) is 4.39 Å². The Morgan fingerprint density at radius 1 is 1.38 bits per heavy atom. The predicted molar refractivity (Wildman–Crippen MR) is 71.9 cm³/mol. The van der Waals surface area contributed by atoms with Crippen molar-refractivity contribution in [3.63, 3.8) is 0 Å². The quantitative estimate of drug-likeness (QED) is 0.866. The lowest BCUT2D eigenvalue weighted by molar-refractivity contribution is -0.147. The van der Waals surface area contributed by atoms with Gasteiger partial charge in [0.2, 0.25) is 10.0 Å². The second-order valence-electron chi connectivity index (χ2n) is 5.04. The number of nitrogens with one attached hydrogen (secondary N) is 1. The van der Waals surface area contributed by atoms with Gasteiger partial charge in [-0.15, -0.1) is 0 Å². The third kappa shape index (κ3) is 3.22. The summed E-state index contributed by atoms with van der Waals surface area (Å²) in [5, 5.41) is 9.35. The van der Waals surface area contributed by atoms with Gasteiger partial charge in [0.1, 0.15) is 16.3 Å². The van der Waals surface area contributed by atoms with E-state index in [1.54, 1.807) is 6.92 Å². The second kappa shape index (κ2) is 5.70. The standard InChI is InChI=1S/C13H16FNO5S/c1-9-2-3-10(14)11(8-9)21(18,19)15-13(12(16)17)4-6-20-7-5-13/h2-3,8,15H,4-7H2,1H3,(H,16,17). The van der Waals surface area contributed by atoms with Gasteiger partial charge >= 0.3 is 5.97 Å². The molecule has 0 unspecified atom stereocenters. The van der Waals surface area contributed by atoms with Gasteiger partial charge in [0.05, 0.1) is 0 Å². The van der Waals surface area contributed by atoms with Crippen LogP contribution in [0, 0.1) is 12.7 Å². The highest BCUT2D eigenvalue weighted by Crippen LogP contribution is 2.25. The van der Waals surface area contributed by atoms with E-state index < -0.39 is 32.2 Å². The summed E-state index contributed by atoms with van der Waals surface area (Å²) in [4.78, 5) is 10.9. The summed E-state index contributed by atoms with van der Waals surface area (Å²) in [5.74, 6) is -2.21. The fourth-order valence-corrected chi connectivity index (χ4v) is 3.79. The average Bonchev–Trinajstić information content (AvgIpc) is 2.42. The highest BCUT2D eigenvalue weighted by molar-refractivity contribution is 7.89. The summed E-state index contributed by atoms with van der Waals surface area (Å²) in [6.07, 6.45) is -0.00992. The maximum absolute atomic E-state index is 13.8. The van der Waals surface area contributed by atoms with Crippen molar-refractivity contribution in [1.29, 1.82) is 0 Å². The van der Waals surface area contributed by atoms with Crippen LogP contribution in [-0.4, -0.2) is 38.2 Å². The van der Waals surface area contributed by atoms with Crippen LogP contribution in [0.2, 0.25) is 0 Å². The van der Waals surface area contributed by atoms with Gasteiger partial charge in [-0.3, -0.25) is 4.79 Å². The molecule has 1 aromatic rings. The number of sulfonamides is 1. The van der Waals surface area contributed by atoms with Crippen molar-refractivity contribution in [2.75, 3.05) is 13.2 Å². The summed E-state index contributed by atoms with van der Waals surface area (Å²) in [7, 11) is -4.28. The van der Waals surface area contributed by atoms with Gasteiger partial charge < -0.3 is 9.84 Å². The SMILES string of the molecule is Cc1ccc(F)c(S(=O)(=O)NC2(C(=O)O)CCOCC2)c1. The number of aliphatic carboxylic acids is 1. The molecule has 0 amide bonds. The molecular weight excluding hydrogens is 301 g/mol. The molecule has 1 fully saturated rings. The summed E-state index contributed by atoms with van der Waals surface area (Å²) in [5.41, 5.74) is -1.10. The van der Waals surface area contributed by atoms with Gasteiger partial charge in [-0.25, -0.2) is 12.8 Å². The number of benzene rings is 1. The van der Waals surface area contributed by atoms with Crippen LogP contribution in [0.15, 0.2) is 23.1 Å². The fourth-order valence-electron chi connectivity index (χ4n) is 2.21. The number of ether oxygens (including phenoxy) is 1. The van der Waals surface area contributed by atoms with Crippen LogP contribution in [0.3, 0.4) is 0 Å². The second-order valence-corrected chi connectivity index (χ2v) is 6.69. The molecule has 116 valence electrons. The molecule has 2 N–H and O–H groups in total. The molecular formula is C13H16FNO5S. The summed E-state index contributed by atoms with van der Waals surface area (Å²) < 4.78 is 45.6. The minimum absolute atomic E-state index is 0.00496. The predicted octanol–water partition coefficient (Wildman–Crippen LogP) is 1.05. The van der Waals surface area contributed by atoms with E-state index in [4.69, 9.17) is 4.74 Å². The molecule has 1 saturated heterocycles. The maximum atomic E-state index is 13.8. The van der Waals surface area contributed by atoms with Crippen LogP contribution < -0.4 is 4.72 Å². The molecule has 6 nitrogen and oxygen atoms in total. The third-order valence-electron chi connectivity index (χ3n) is 3.46. The topological polar surface area (TPSA) is 92.7 Å². The lowest BCUT2D eigenvalue weighted by Crippen LogP contribution is -2.57. The Morgan fingerprint density at radius 2 is 2.00 bits per heavy atom. The molecule has 0 aromatic heterocycles. The Hall–Kier alpha value is -1.51. The Morgan fingerprint density at radius 3 is 2.57 bits per heavy atom. The van der Waals surface area contributed by atoms with Crippen molar-refractivity contribution < 1.29 is 27.4 Å². The van der Waals surface area contributed by atoms with Crippen LogP contribution in [0.25, 0.3) is 0 Å². The Balaban J connectivity index is 2.39. The van der Waals surface area contributed by atoms with Gasteiger partial charge in [0.25, 0.3) is 0 Å². The smallest absolute Gasteiger partial charge is 0.325 e. The van der Waals surface area contributed by atoms with Crippen molar-refractivity contribution in [2.45, 2.75) is 30.2 Å². The van der Waals surface area contributed by atoms with Crippen LogP contribution >= 0.6 is 0 Å². The number of halogens is 1. The number of hydrogen-bond donors (Lipinski definition) is 2. The first kappa shape index (κ1) is 15.9. The van der Waals surface area contributed by atoms with E-state index in [1.165, 1.54) is 12.1 Å². The van der Waals surface area contributed by atoms with Gasteiger partial charge in [-0.2, -0.15) is 4.72 Å². The van der Waals surface area contributed by atoms with E-state index in [9.17, 15) is 22.7 Å². The van der Waals surface area contributed by atoms with Crippen molar-refractivity contribution in [3.8, 4) is 0 Å². The number of carboxylic acid groups (broad SMARTS) is 1. The average molecular weight is 317 g/mol. The molecule has 21 heavy (non-hydrogen) atoms. The molecule has 1 heterocycles. The molecule has 1 aliphatic heterocycles. The third-order valence-corrected chi connectivity index (χ3v) is 5.01. The molecule has 0 saturated carbocycles.